The van der Waals surface area contributed by atoms with Crippen molar-refractivity contribution in [3.05, 3.63) is 107 Å². The van der Waals surface area contributed by atoms with E-state index in [9.17, 15) is 128 Å². The summed E-state index contributed by atoms with van der Waals surface area (Å²) in [5.74, 6) is -70.3. The lowest BCUT2D eigenvalue weighted by Crippen LogP contribution is -2.74. The first kappa shape index (κ1) is 85.3. The lowest BCUT2D eigenvalue weighted by atomic mass is 9.88. The van der Waals surface area contributed by atoms with E-state index < -0.39 is 199 Å². The van der Waals surface area contributed by atoms with Gasteiger partial charge in [0.05, 0.1) is 12.1 Å². The number of urea groups is 1. The highest BCUT2D eigenvalue weighted by atomic mass is 33.1. The summed E-state index contributed by atoms with van der Waals surface area (Å²) in [5.41, 5.74) is 1.43. The predicted octanol–water partition coefficient (Wildman–Crippen LogP) is 8.83. The number of phenolic OH excluding ortho intramolecular Hbond substituents is 1. The van der Waals surface area contributed by atoms with Crippen LogP contribution in [0.4, 0.5) is 84.2 Å². The van der Waals surface area contributed by atoms with Crippen LogP contribution < -0.4 is 42.5 Å². The van der Waals surface area contributed by atoms with Crippen molar-refractivity contribution in [3.63, 3.8) is 0 Å². The number of halogens is 17. The Morgan fingerprint density at radius 3 is 1.78 bits per heavy atom. The van der Waals surface area contributed by atoms with Crippen LogP contribution in [0.25, 0.3) is 5.57 Å². The number of phenols is 1. The number of Topliss-reactive ketones (excluding diaryl/α,β-unsaturated/α-hetero) is 1. The fourth-order valence-corrected chi connectivity index (χ4v) is 12.5. The average Bonchev–Trinajstić information content (AvgIpc) is 0.979. The third kappa shape index (κ3) is 21.4. The number of alkyl halides is 17. The Morgan fingerprint density at radius 1 is 0.621 bits per heavy atom. The molecule has 0 aromatic heterocycles. The molecule has 0 spiro atoms. The number of alkyl carbamates (subject to hydrolysis) is 1. The smallest absolute Gasteiger partial charge is 0.460 e. The van der Waals surface area contributed by atoms with Gasteiger partial charge >= 0.3 is 65.7 Å². The number of carboxylic acid groups (broad SMARTS) is 1. The fraction of sp³-hybridized carbons (Fsp3) is 0.540. The third-order valence-corrected chi connectivity index (χ3v) is 18.2. The van der Waals surface area contributed by atoms with Crippen molar-refractivity contribution in [3.8, 4) is 5.75 Å². The number of ketones is 1. The molecule has 572 valence electrons. The monoisotopic (exact) mass is 1530 g/mol. The first-order valence-corrected chi connectivity index (χ1v) is 33.5. The Bertz CT molecular complexity index is 3540. The van der Waals surface area contributed by atoms with E-state index in [0.29, 0.717) is 39.1 Å². The van der Waals surface area contributed by atoms with Crippen molar-refractivity contribution in [1.29, 1.82) is 0 Å². The molecule has 1 aliphatic carbocycles. The number of carbonyl (C=O) groups is 9. The molecule has 2 aliphatic rings. The summed E-state index contributed by atoms with van der Waals surface area (Å²) in [4.78, 5) is 126. The Labute approximate surface area is 583 Å². The third-order valence-electron chi connectivity index (χ3n) is 15.8. The van der Waals surface area contributed by atoms with Crippen molar-refractivity contribution in [1.82, 2.24) is 42.5 Å². The van der Waals surface area contributed by atoms with Crippen LogP contribution in [0.3, 0.4) is 0 Å². The number of hydrogen-bond donors (Lipinski definition) is 11. The van der Waals surface area contributed by atoms with Gasteiger partial charge in [0, 0.05) is 56.2 Å². The Kier molecular flexibility index (Phi) is 28.6. The van der Waals surface area contributed by atoms with Crippen LogP contribution in [0, 0.1) is 5.92 Å². The summed E-state index contributed by atoms with van der Waals surface area (Å²) < 4.78 is 243. The summed E-state index contributed by atoms with van der Waals surface area (Å²) in [6, 6.07) is 5.69. The molecular weight excluding hydrogens is 1460 g/mol. The zero-order valence-corrected chi connectivity index (χ0v) is 56.2. The maximum absolute atomic E-state index is 15.1. The van der Waals surface area contributed by atoms with E-state index in [0.717, 1.165) is 12.5 Å². The number of aliphatic carboxylic acids is 1. The first-order chi connectivity index (χ1) is 47.5. The molecule has 103 heavy (non-hydrogen) atoms. The number of fused-ring (bicyclic) bond motifs is 1. The van der Waals surface area contributed by atoms with Gasteiger partial charge in [-0.2, -0.15) is 74.6 Å². The molecule has 1 fully saturated rings. The molecule has 8 amide bonds. The predicted molar refractivity (Wildman–Crippen MR) is 335 cm³/mol. The van der Waals surface area contributed by atoms with Crippen LogP contribution in [0.1, 0.15) is 88.5 Å². The number of nitrogens with one attached hydrogen (secondary N) is 8. The minimum absolute atomic E-state index is 0.0163. The van der Waals surface area contributed by atoms with Gasteiger partial charge in [-0.3, -0.25) is 28.8 Å². The lowest BCUT2D eigenvalue weighted by molar-refractivity contribution is -0.461. The summed E-state index contributed by atoms with van der Waals surface area (Å²) in [6.07, 6.45) is -13.9. The molecule has 0 bridgehead atoms. The van der Waals surface area contributed by atoms with Crippen molar-refractivity contribution >= 4 is 80.6 Å². The van der Waals surface area contributed by atoms with E-state index in [1.165, 1.54) is 59.9 Å². The molecule has 1 aliphatic heterocycles. The van der Waals surface area contributed by atoms with Gasteiger partial charge in [0.15, 0.2) is 5.78 Å². The van der Waals surface area contributed by atoms with Gasteiger partial charge < -0.3 is 62.6 Å². The zero-order valence-electron chi connectivity index (χ0n) is 54.6. The molecule has 8 atom stereocenters. The van der Waals surface area contributed by atoms with E-state index >= 15 is 4.79 Å². The van der Waals surface area contributed by atoms with Crippen LogP contribution >= 0.6 is 21.6 Å². The van der Waals surface area contributed by atoms with Gasteiger partial charge in [0.1, 0.15) is 41.6 Å². The van der Waals surface area contributed by atoms with Crippen molar-refractivity contribution in [2.75, 3.05) is 24.6 Å². The van der Waals surface area contributed by atoms with Gasteiger partial charge in [0.25, 0.3) is 0 Å². The molecule has 1 saturated heterocycles. The second-order valence-electron chi connectivity index (χ2n) is 24.9. The number of ether oxygens (including phenoxy) is 1. The van der Waals surface area contributed by atoms with Crippen molar-refractivity contribution < 1.29 is 138 Å². The van der Waals surface area contributed by atoms with E-state index in [2.05, 4.69) is 31.9 Å². The quantitative estimate of drug-likeness (QED) is 0.0214. The van der Waals surface area contributed by atoms with E-state index in [1.807, 2.05) is 5.32 Å². The van der Waals surface area contributed by atoms with Crippen LogP contribution in [-0.4, -0.2) is 189 Å². The standard InChI is InChI=1S/C63H71F17N8O13S2/c1-32(89)46-51(96)86-44(52(97)98)31-103-102-30-43(85-49(94)41(27-33-12-6-5-7-13-33)87-53(99)81-25-23-56(64,65)57(66,67)58(68,69)59(70,71)60(72,73)61(74,75)62(76,77)63(78,79)80)45(91)29-37(26-34-17-21-38(90)22-18-34)47(92)84-42(28-36-20-19-35-14-8-9-15-39(35)36)50(95)83-40(48(93)88-46)16-10-11-24-82-54(100)101-55(2,3)4/h5-9,12-15,17-18,20-22,32,37,40-44,46,89-90H,10-11,16,19,23-31H2,1-4H3,(H,82,100)(H,83,95)(H,84,92)(H,85,94)(H,86,96)(H,88,93)(H,97,98)(H2,81,87,99)/t32-,37-,40+,41-,42-,43+,44+,46+/m1/s1. The molecule has 0 radical (unpaired) electrons. The number of benzene rings is 3. The molecule has 5 rings (SSSR count). The fourth-order valence-electron chi connectivity index (χ4n) is 10.1. The number of carbonyl (C=O) groups excluding carboxylic acids is 8. The zero-order chi connectivity index (χ0) is 77.6. The average molecular weight is 1540 g/mol. The maximum Gasteiger partial charge on any atom is 0.460 e. The summed E-state index contributed by atoms with van der Waals surface area (Å²) in [6.45, 7) is 3.74. The number of unbranched alkanes of at least 4 members (excludes halogenated alkanes) is 1. The number of aromatic hydroxyl groups is 1. The van der Waals surface area contributed by atoms with Gasteiger partial charge in [0.2, 0.25) is 29.5 Å². The summed E-state index contributed by atoms with van der Waals surface area (Å²) in [7, 11) is 1.23. The van der Waals surface area contributed by atoms with Crippen molar-refractivity contribution in [2.45, 2.75) is 181 Å². The van der Waals surface area contributed by atoms with Gasteiger partial charge in [-0.05, 0) is 99.8 Å². The van der Waals surface area contributed by atoms with E-state index in [1.54, 1.807) is 51.1 Å². The number of aliphatic hydroxyl groups excluding tert-OH is 1. The highest BCUT2D eigenvalue weighted by molar-refractivity contribution is 8.76. The second kappa shape index (κ2) is 34.5. The number of aliphatic hydroxyl groups is 1. The van der Waals surface area contributed by atoms with Crippen LogP contribution in [-0.2, 0) is 57.6 Å². The molecule has 1 heterocycles. The number of amides is 8. The minimum atomic E-state index is -8.89. The topological polar surface area (TPSA) is 320 Å². The minimum Gasteiger partial charge on any atom is -0.508 e. The molecule has 0 saturated carbocycles. The molecule has 40 heteroatoms. The number of carboxylic acids is 1. The largest absolute Gasteiger partial charge is 0.508 e. The van der Waals surface area contributed by atoms with Gasteiger partial charge in [-0.1, -0.05) is 94.4 Å². The molecule has 3 aromatic carbocycles. The van der Waals surface area contributed by atoms with E-state index in [4.69, 9.17) is 4.74 Å². The number of hydrogen-bond acceptors (Lipinski definition) is 14. The summed E-state index contributed by atoms with van der Waals surface area (Å²) >= 11 is 0. The van der Waals surface area contributed by atoms with Gasteiger partial charge in [-0.25, -0.2) is 14.4 Å². The van der Waals surface area contributed by atoms with E-state index in [-0.39, 0.29) is 49.1 Å². The molecule has 11 N–H and O–H groups in total. The highest BCUT2D eigenvalue weighted by Crippen LogP contribution is 2.64. The maximum atomic E-state index is 15.1. The SMILES string of the molecule is C[C@@H](O)[C@@H]1NC(=O)[C@H](CCCCNC(=O)OC(C)(C)C)NC(=O)[C@@H](CC2=CCc3ccccc32)NC(=O)[C@H](Cc2ccc(O)cc2)CC(=O)[C@@H](NC(=O)[C@@H](Cc2ccccc2)NC(=O)NCCC(F)(F)C(F)(F)C(F)(F)C(F)(F)C(F)(F)C(F)(F)C(F)(F)C(F)(F)F)CSSC[C@@H](C(=O)O)NC1=O. The Morgan fingerprint density at radius 2 is 1.18 bits per heavy atom. The first-order valence-electron chi connectivity index (χ1n) is 31.0. The molecule has 0 unspecified atom stereocenters. The molecular formula is C63H71F17N8O13S2. The summed E-state index contributed by atoms with van der Waals surface area (Å²) in [5, 5.41) is 49.1. The Hall–Kier alpha value is -8.30. The Balaban J connectivity index is 1.52. The highest BCUT2D eigenvalue weighted by Gasteiger charge is 2.95. The second-order valence-corrected chi connectivity index (χ2v) is 27.4. The van der Waals surface area contributed by atoms with Crippen LogP contribution in [0.2, 0.25) is 0 Å². The van der Waals surface area contributed by atoms with Crippen LogP contribution in [0.15, 0.2) is 84.9 Å². The molecule has 21 nitrogen and oxygen atoms in total. The van der Waals surface area contributed by atoms with Crippen LogP contribution in [0.5, 0.6) is 5.75 Å². The lowest BCUT2D eigenvalue weighted by Gasteiger charge is -2.42. The van der Waals surface area contributed by atoms with Crippen molar-refractivity contribution in [2.24, 2.45) is 5.92 Å². The normalized spacial score (nSPS) is 20.7. The van der Waals surface area contributed by atoms with Gasteiger partial charge in [-0.15, -0.1) is 0 Å². The number of rotatable bonds is 25. The number of allylic oxidation sites excluding steroid dienone is 1. The molecule has 3 aromatic rings.